The van der Waals surface area contributed by atoms with E-state index in [0.29, 0.717) is 0 Å². The summed E-state index contributed by atoms with van der Waals surface area (Å²) in [4.78, 5) is 0. The predicted molar refractivity (Wildman–Crippen MR) is 83.9 cm³/mol. The van der Waals surface area contributed by atoms with Crippen LogP contribution in [0.15, 0.2) is 46.9 Å². The Bertz CT molecular complexity index is 549. The van der Waals surface area contributed by atoms with Crippen LogP contribution in [0.3, 0.4) is 0 Å². The van der Waals surface area contributed by atoms with E-state index in [1.54, 1.807) is 0 Å². The highest BCUT2D eigenvalue weighted by Crippen LogP contribution is 2.28. The van der Waals surface area contributed by atoms with Crippen molar-refractivity contribution in [3.05, 3.63) is 69.2 Å². The molecule has 100 valence electrons. The van der Waals surface area contributed by atoms with Crippen LogP contribution >= 0.6 is 15.9 Å². The molecule has 0 bridgehead atoms. The molecule has 2 aromatic carbocycles. The van der Waals surface area contributed by atoms with Crippen LogP contribution in [0.4, 0.5) is 0 Å². The maximum absolute atomic E-state index is 5.76. The van der Waals surface area contributed by atoms with Crippen molar-refractivity contribution in [1.29, 1.82) is 0 Å². The highest BCUT2D eigenvalue weighted by atomic mass is 79.9. The van der Waals surface area contributed by atoms with Gasteiger partial charge in [-0.25, -0.2) is 5.43 Å². The molecule has 1 unspecified atom stereocenters. The highest BCUT2D eigenvalue weighted by Gasteiger charge is 2.15. The van der Waals surface area contributed by atoms with E-state index in [-0.39, 0.29) is 6.04 Å². The summed E-state index contributed by atoms with van der Waals surface area (Å²) in [5.41, 5.74) is 7.85. The van der Waals surface area contributed by atoms with Gasteiger partial charge in [-0.05, 0) is 41.7 Å². The Kier molecular flexibility index (Phi) is 4.75. The third kappa shape index (κ3) is 3.06. The third-order valence-corrected chi connectivity index (χ3v) is 4.37. The van der Waals surface area contributed by atoms with Gasteiger partial charge < -0.3 is 0 Å². The second-order valence-electron chi connectivity index (χ2n) is 4.65. The lowest BCUT2D eigenvalue weighted by Crippen LogP contribution is -2.29. The Morgan fingerprint density at radius 2 is 1.84 bits per heavy atom. The molecule has 0 heterocycles. The van der Waals surface area contributed by atoms with Gasteiger partial charge in [0.1, 0.15) is 0 Å². The second kappa shape index (κ2) is 6.33. The van der Waals surface area contributed by atoms with Gasteiger partial charge in [-0.1, -0.05) is 59.3 Å². The second-order valence-corrected chi connectivity index (χ2v) is 5.50. The maximum atomic E-state index is 5.76. The zero-order valence-corrected chi connectivity index (χ0v) is 12.9. The molecule has 2 nitrogen and oxygen atoms in total. The van der Waals surface area contributed by atoms with E-state index in [9.17, 15) is 0 Å². The smallest absolute Gasteiger partial charge is 0.0713 e. The number of nitrogens with two attached hydrogens (primary N) is 1. The van der Waals surface area contributed by atoms with Crippen molar-refractivity contribution < 1.29 is 0 Å². The molecule has 0 aliphatic heterocycles. The van der Waals surface area contributed by atoms with Gasteiger partial charge in [0, 0.05) is 4.47 Å². The molecule has 2 rings (SSSR count). The minimum Gasteiger partial charge on any atom is -0.271 e. The molecule has 0 aliphatic carbocycles. The summed E-state index contributed by atoms with van der Waals surface area (Å²) in [7, 11) is 0. The zero-order chi connectivity index (χ0) is 13.8. The Morgan fingerprint density at radius 3 is 2.42 bits per heavy atom. The molecule has 0 aliphatic rings. The van der Waals surface area contributed by atoms with Crippen molar-refractivity contribution in [2.24, 2.45) is 5.84 Å². The topological polar surface area (TPSA) is 38.0 Å². The van der Waals surface area contributed by atoms with Gasteiger partial charge in [0.25, 0.3) is 0 Å². The first-order chi connectivity index (χ1) is 9.17. The van der Waals surface area contributed by atoms with Crippen molar-refractivity contribution >= 4 is 15.9 Å². The molecule has 1 atom stereocenters. The first kappa shape index (κ1) is 14.3. The number of nitrogens with one attached hydrogen (secondary N) is 1. The third-order valence-electron chi connectivity index (χ3n) is 3.51. The zero-order valence-electron chi connectivity index (χ0n) is 11.3. The fourth-order valence-corrected chi connectivity index (χ4v) is 2.63. The Labute approximate surface area is 123 Å². The standard InChI is InChI=1S/C16H19BrN2/c1-3-12-7-9-13(10-8-12)16(19-18)14-5-4-6-15(17)11(14)2/h4-10,16,19H,3,18H2,1-2H3. The Hall–Kier alpha value is -1.16. The van der Waals surface area contributed by atoms with Crippen molar-refractivity contribution in [2.75, 3.05) is 0 Å². The summed E-state index contributed by atoms with van der Waals surface area (Å²) in [5, 5.41) is 0. The highest BCUT2D eigenvalue weighted by molar-refractivity contribution is 9.10. The van der Waals surface area contributed by atoms with Gasteiger partial charge in [0.2, 0.25) is 0 Å². The molecule has 19 heavy (non-hydrogen) atoms. The lowest BCUT2D eigenvalue weighted by Gasteiger charge is -2.20. The van der Waals surface area contributed by atoms with Crippen LogP contribution < -0.4 is 11.3 Å². The summed E-state index contributed by atoms with van der Waals surface area (Å²) in [6, 6.07) is 14.8. The first-order valence-electron chi connectivity index (χ1n) is 6.47. The average Bonchev–Trinajstić information content (AvgIpc) is 2.45. The van der Waals surface area contributed by atoms with Crippen LogP contribution in [0.5, 0.6) is 0 Å². The molecule has 0 spiro atoms. The summed E-state index contributed by atoms with van der Waals surface area (Å²) >= 11 is 3.57. The molecule has 0 radical (unpaired) electrons. The predicted octanol–water partition coefficient (Wildman–Crippen LogP) is 3.87. The fourth-order valence-electron chi connectivity index (χ4n) is 2.25. The normalized spacial score (nSPS) is 12.4. The number of aryl methyl sites for hydroxylation is 1. The van der Waals surface area contributed by atoms with E-state index < -0.39 is 0 Å². The van der Waals surface area contributed by atoms with E-state index in [4.69, 9.17) is 5.84 Å². The van der Waals surface area contributed by atoms with Crippen LogP contribution in [0.25, 0.3) is 0 Å². The van der Waals surface area contributed by atoms with E-state index in [1.165, 1.54) is 22.3 Å². The van der Waals surface area contributed by atoms with Crippen molar-refractivity contribution in [2.45, 2.75) is 26.3 Å². The van der Waals surface area contributed by atoms with Gasteiger partial charge in [-0.3, -0.25) is 5.84 Å². The quantitative estimate of drug-likeness (QED) is 0.663. The average molecular weight is 319 g/mol. The molecule has 0 fully saturated rings. The van der Waals surface area contributed by atoms with Gasteiger partial charge in [0.05, 0.1) is 6.04 Å². The molecular formula is C16H19BrN2. The number of rotatable bonds is 4. The lowest BCUT2D eigenvalue weighted by molar-refractivity contribution is 0.633. The SMILES string of the molecule is CCc1ccc(C(NN)c2cccc(Br)c2C)cc1. The summed E-state index contributed by atoms with van der Waals surface area (Å²) in [6.45, 7) is 4.26. The number of halogens is 1. The Balaban J connectivity index is 2.40. The summed E-state index contributed by atoms with van der Waals surface area (Å²) in [5.74, 6) is 5.76. The Morgan fingerprint density at radius 1 is 1.16 bits per heavy atom. The van der Waals surface area contributed by atoms with Gasteiger partial charge in [0.15, 0.2) is 0 Å². The van der Waals surface area contributed by atoms with Crippen LogP contribution in [0, 0.1) is 6.92 Å². The minimum absolute atomic E-state index is 0.0170. The largest absolute Gasteiger partial charge is 0.271 e. The first-order valence-corrected chi connectivity index (χ1v) is 7.26. The molecule has 0 saturated heterocycles. The van der Waals surface area contributed by atoms with Crippen LogP contribution in [-0.4, -0.2) is 0 Å². The van der Waals surface area contributed by atoms with Crippen LogP contribution in [-0.2, 0) is 6.42 Å². The maximum Gasteiger partial charge on any atom is 0.0713 e. The van der Waals surface area contributed by atoms with E-state index >= 15 is 0 Å². The summed E-state index contributed by atoms with van der Waals surface area (Å²) < 4.78 is 1.11. The molecular weight excluding hydrogens is 300 g/mol. The number of hydrogen-bond donors (Lipinski definition) is 2. The summed E-state index contributed by atoms with van der Waals surface area (Å²) in [6.07, 6.45) is 1.05. The van der Waals surface area contributed by atoms with Crippen LogP contribution in [0.1, 0.15) is 35.2 Å². The fraction of sp³-hybridized carbons (Fsp3) is 0.250. The molecule has 0 amide bonds. The van der Waals surface area contributed by atoms with E-state index in [1.807, 2.05) is 12.1 Å². The van der Waals surface area contributed by atoms with Gasteiger partial charge >= 0.3 is 0 Å². The van der Waals surface area contributed by atoms with Gasteiger partial charge in [-0.15, -0.1) is 0 Å². The number of hydrazine groups is 1. The van der Waals surface area contributed by atoms with Crippen molar-refractivity contribution in [3.8, 4) is 0 Å². The number of hydrogen-bond acceptors (Lipinski definition) is 2. The van der Waals surface area contributed by atoms with E-state index in [2.05, 4.69) is 65.5 Å². The van der Waals surface area contributed by atoms with Crippen molar-refractivity contribution in [3.63, 3.8) is 0 Å². The minimum atomic E-state index is 0.0170. The lowest BCUT2D eigenvalue weighted by atomic mass is 9.94. The van der Waals surface area contributed by atoms with Crippen molar-refractivity contribution in [1.82, 2.24) is 5.43 Å². The van der Waals surface area contributed by atoms with E-state index in [0.717, 1.165) is 10.9 Å². The molecule has 0 aromatic heterocycles. The number of benzene rings is 2. The monoisotopic (exact) mass is 318 g/mol. The molecule has 0 saturated carbocycles. The molecule has 3 N–H and O–H groups in total. The molecule has 2 aromatic rings. The molecule has 3 heteroatoms. The van der Waals surface area contributed by atoms with Gasteiger partial charge in [-0.2, -0.15) is 0 Å². The van der Waals surface area contributed by atoms with Crippen LogP contribution in [0.2, 0.25) is 0 Å².